The lowest BCUT2D eigenvalue weighted by molar-refractivity contribution is 0.0695. The quantitative estimate of drug-likeness (QED) is 0.872. The van der Waals surface area contributed by atoms with Crippen LogP contribution in [0, 0.1) is 0 Å². The molecule has 0 unspecified atom stereocenters. The number of nitrogens with zero attached hydrogens (tertiary/aromatic N) is 2. The molecule has 1 aromatic heterocycles. The fourth-order valence-corrected chi connectivity index (χ4v) is 3.21. The zero-order chi connectivity index (χ0) is 17.8. The molecule has 2 heterocycles. The van der Waals surface area contributed by atoms with Gasteiger partial charge in [-0.25, -0.2) is 4.79 Å². The van der Waals surface area contributed by atoms with E-state index in [1.807, 2.05) is 24.3 Å². The van der Waals surface area contributed by atoms with E-state index >= 15 is 0 Å². The third-order valence-corrected chi connectivity index (χ3v) is 4.60. The number of carboxylic acid groups (broad SMARTS) is 1. The molecule has 1 aliphatic rings. The van der Waals surface area contributed by atoms with Crippen LogP contribution in [0.2, 0.25) is 0 Å². The molecule has 3 rings (SSSR count). The minimum Gasteiger partial charge on any atom is -0.477 e. The van der Waals surface area contributed by atoms with Crippen molar-refractivity contribution in [2.75, 3.05) is 37.6 Å². The van der Waals surface area contributed by atoms with Gasteiger partial charge in [0.05, 0.1) is 0 Å². The number of carboxylic acids is 1. The van der Waals surface area contributed by atoms with Crippen LogP contribution in [0.5, 0.6) is 0 Å². The highest BCUT2D eigenvalue weighted by Crippen LogP contribution is 2.22. The van der Waals surface area contributed by atoms with Crippen molar-refractivity contribution in [3.8, 4) is 11.3 Å². The first kappa shape index (κ1) is 17.2. The SMILES string of the molecule is CCCN1CCN(c2ccc(-c3ccc(C(=O)O)c(=O)[nH]3)cc2)CC1. The molecule has 0 spiro atoms. The molecule has 1 aliphatic heterocycles. The van der Waals surface area contributed by atoms with E-state index in [4.69, 9.17) is 5.11 Å². The van der Waals surface area contributed by atoms with Crippen LogP contribution in [-0.4, -0.2) is 53.7 Å². The van der Waals surface area contributed by atoms with Gasteiger partial charge in [0.1, 0.15) is 5.56 Å². The van der Waals surface area contributed by atoms with Crippen molar-refractivity contribution in [2.45, 2.75) is 13.3 Å². The van der Waals surface area contributed by atoms with E-state index in [9.17, 15) is 9.59 Å². The lowest BCUT2D eigenvalue weighted by atomic mass is 10.1. The molecule has 6 heteroatoms. The molecule has 1 fully saturated rings. The Morgan fingerprint density at radius 2 is 1.76 bits per heavy atom. The normalized spacial score (nSPS) is 15.3. The van der Waals surface area contributed by atoms with Crippen molar-refractivity contribution in [1.82, 2.24) is 9.88 Å². The van der Waals surface area contributed by atoms with Gasteiger partial charge in [-0.05, 0) is 42.8 Å². The van der Waals surface area contributed by atoms with Gasteiger partial charge in [0.25, 0.3) is 5.56 Å². The monoisotopic (exact) mass is 341 g/mol. The average Bonchev–Trinajstić information content (AvgIpc) is 2.62. The highest BCUT2D eigenvalue weighted by molar-refractivity contribution is 5.87. The van der Waals surface area contributed by atoms with E-state index in [0.29, 0.717) is 5.69 Å². The van der Waals surface area contributed by atoms with Crippen LogP contribution in [0.25, 0.3) is 11.3 Å². The van der Waals surface area contributed by atoms with Gasteiger partial charge < -0.3 is 15.0 Å². The van der Waals surface area contributed by atoms with Crippen molar-refractivity contribution in [1.29, 1.82) is 0 Å². The average molecular weight is 341 g/mol. The van der Waals surface area contributed by atoms with Crippen molar-refractivity contribution >= 4 is 11.7 Å². The lowest BCUT2D eigenvalue weighted by Gasteiger charge is -2.36. The second kappa shape index (κ2) is 7.53. The van der Waals surface area contributed by atoms with E-state index in [-0.39, 0.29) is 5.56 Å². The van der Waals surface area contributed by atoms with E-state index in [0.717, 1.165) is 38.3 Å². The minimum atomic E-state index is -1.22. The summed E-state index contributed by atoms with van der Waals surface area (Å²) in [7, 11) is 0. The Morgan fingerprint density at radius 3 is 2.32 bits per heavy atom. The molecule has 2 aromatic rings. The number of H-pyrrole nitrogens is 1. The predicted molar refractivity (Wildman–Crippen MR) is 98.4 cm³/mol. The molecule has 0 bridgehead atoms. The van der Waals surface area contributed by atoms with E-state index in [1.165, 1.54) is 18.2 Å². The first-order valence-corrected chi connectivity index (χ1v) is 8.63. The second-order valence-electron chi connectivity index (χ2n) is 6.30. The Hall–Kier alpha value is -2.60. The number of carbonyl (C=O) groups is 1. The number of aromatic amines is 1. The number of nitrogens with one attached hydrogen (secondary N) is 1. The first-order chi connectivity index (χ1) is 12.1. The summed E-state index contributed by atoms with van der Waals surface area (Å²) in [5, 5.41) is 8.93. The lowest BCUT2D eigenvalue weighted by Crippen LogP contribution is -2.46. The minimum absolute atomic E-state index is 0.245. The highest BCUT2D eigenvalue weighted by Gasteiger charge is 2.16. The number of aromatic carboxylic acids is 1. The van der Waals surface area contributed by atoms with E-state index < -0.39 is 11.5 Å². The third-order valence-electron chi connectivity index (χ3n) is 4.60. The van der Waals surface area contributed by atoms with Gasteiger partial charge in [-0.1, -0.05) is 19.1 Å². The van der Waals surface area contributed by atoms with Crippen molar-refractivity contribution < 1.29 is 9.90 Å². The number of hydrogen-bond acceptors (Lipinski definition) is 4. The number of piperazine rings is 1. The zero-order valence-corrected chi connectivity index (χ0v) is 14.4. The maximum Gasteiger partial charge on any atom is 0.341 e. The third kappa shape index (κ3) is 3.91. The molecular weight excluding hydrogens is 318 g/mol. The molecule has 132 valence electrons. The zero-order valence-electron chi connectivity index (χ0n) is 14.4. The van der Waals surface area contributed by atoms with Crippen LogP contribution in [0.4, 0.5) is 5.69 Å². The maximum atomic E-state index is 11.8. The molecule has 0 radical (unpaired) electrons. The second-order valence-corrected chi connectivity index (χ2v) is 6.30. The van der Waals surface area contributed by atoms with Crippen molar-refractivity contribution in [3.63, 3.8) is 0 Å². The van der Waals surface area contributed by atoms with Crippen LogP contribution < -0.4 is 10.5 Å². The maximum absolute atomic E-state index is 11.8. The number of rotatable bonds is 5. The Morgan fingerprint density at radius 1 is 1.08 bits per heavy atom. The van der Waals surface area contributed by atoms with E-state index in [2.05, 4.69) is 21.7 Å². The molecule has 0 atom stereocenters. The Labute approximate surface area is 146 Å². The summed E-state index contributed by atoms with van der Waals surface area (Å²) in [6, 6.07) is 11.0. The fourth-order valence-electron chi connectivity index (χ4n) is 3.21. The summed E-state index contributed by atoms with van der Waals surface area (Å²) in [5.74, 6) is -1.22. The Bertz CT molecular complexity index is 790. The summed E-state index contributed by atoms with van der Waals surface area (Å²) < 4.78 is 0. The Kier molecular flexibility index (Phi) is 5.19. The Balaban J connectivity index is 1.72. The molecule has 0 saturated carbocycles. The van der Waals surface area contributed by atoms with Crippen LogP contribution in [0.15, 0.2) is 41.2 Å². The summed E-state index contributed by atoms with van der Waals surface area (Å²) in [6.07, 6.45) is 1.19. The topological polar surface area (TPSA) is 76.6 Å². The number of benzene rings is 1. The molecule has 1 saturated heterocycles. The highest BCUT2D eigenvalue weighted by atomic mass is 16.4. The molecule has 0 amide bonds. The smallest absolute Gasteiger partial charge is 0.341 e. The molecule has 6 nitrogen and oxygen atoms in total. The van der Waals surface area contributed by atoms with Gasteiger partial charge in [0.2, 0.25) is 0 Å². The fraction of sp³-hybridized carbons (Fsp3) is 0.368. The number of anilines is 1. The van der Waals surface area contributed by atoms with E-state index in [1.54, 1.807) is 6.07 Å². The van der Waals surface area contributed by atoms with Crippen LogP contribution in [0.1, 0.15) is 23.7 Å². The summed E-state index contributed by atoms with van der Waals surface area (Å²) in [6.45, 7) is 7.57. The molecule has 0 aliphatic carbocycles. The van der Waals surface area contributed by atoms with Gasteiger partial charge in [-0.15, -0.1) is 0 Å². The molecule has 25 heavy (non-hydrogen) atoms. The summed E-state index contributed by atoms with van der Waals surface area (Å²) in [4.78, 5) is 30.2. The van der Waals surface area contributed by atoms with Crippen molar-refractivity contribution in [2.24, 2.45) is 0 Å². The molecular formula is C19H23N3O3. The first-order valence-electron chi connectivity index (χ1n) is 8.63. The standard InChI is InChI=1S/C19H23N3O3/c1-2-9-21-10-12-22(13-11-21)15-5-3-14(4-6-15)17-8-7-16(19(24)25)18(23)20-17/h3-8H,2,9-13H2,1H3,(H,20,23)(H,24,25). The van der Waals surface area contributed by atoms with Crippen LogP contribution in [0.3, 0.4) is 0 Å². The van der Waals surface area contributed by atoms with Gasteiger partial charge in [0.15, 0.2) is 0 Å². The van der Waals surface area contributed by atoms with Crippen molar-refractivity contribution in [3.05, 3.63) is 52.3 Å². The number of pyridine rings is 1. The van der Waals surface area contributed by atoms with Gasteiger partial charge in [-0.3, -0.25) is 9.69 Å². The summed E-state index contributed by atoms with van der Waals surface area (Å²) in [5.41, 5.74) is 1.83. The summed E-state index contributed by atoms with van der Waals surface area (Å²) >= 11 is 0. The molecule has 1 aromatic carbocycles. The van der Waals surface area contributed by atoms with Crippen LogP contribution in [-0.2, 0) is 0 Å². The number of hydrogen-bond donors (Lipinski definition) is 2. The largest absolute Gasteiger partial charge is 0.477 e. The van der Waals surface area contributed by atoms with Gasteiger partial charge >= 0.3 is 5.97 Å². The number of aromatic nitrogens is 1. The predicted octanol–water partition coefficient (Wildman–Crippen LogP) is 2.27. The van der Waals surface area contributed by atoms with Gasteiger partial charge in [-0.2, -0.15) is 0 Å². The van der Waals surface area contributed by atoms with Gasteiger partial charge in [0, 0.05) is 37.6 Å². The van der Waals surface area contributed by atoms with Crippen LogP contribution >= 0.6 is 0 Å². The molecule has 2 N–H and O–H groups in total.